The molecule has 2 aromatic heterocycles. The number of aromatic nitrogens is 4. The van der Waals surface area contributed by atoms with Crippen LogP contribution in [0.25, 0.3) is 0 Å². The van der Waals surface area contributed by atoms with Crippen molar-refractivity contribution >= 4 is 28.9 Å². The fourth-order valence-electron chi connectivity index (χ4n) is 3.60. The van der Waals surface area contributed by atoms with E-state index in [1.54, 1.807) is 18.2 Å². The molecule has 32 heavy (non-hydrogen) atoms. The lowest BCUT2D eigenvalue weighted by atomic mass is 9.91. The minimum atomic E-state index is -0.365. The van der Waals surface area contributed by atoms with Crippen molar-refractivity contribution in [3.05, 3.63) is 60.2 Å². The van der Waals surface area contributed by atoms with Crippen LogP contribution in [0.3, 0.4) is 0 Å². The quantitative estimate of drug-likeness (QED) is 0.463. The molecule has 1 aromatic carbocycles. The number of benzene rings is 1. The number of rotatable bonds is 6. The average molecular weight is 429 g/mol. The smallest absolute Gasteiger partial charge is 0.278 e. The van der Waals surface area contributed by atoms with E-state index in [1.807, 2.05) is 24.3 Å². The zero-order valence-electron chi connectivity index (χ0n) is 17.3. The maximum atomic E-state index is 12.9. The number of anilines is 4. The normalized spacial score (nSPS) is 17.8. The van der Waals surface area contributed by atoms with Gasteiger partial charge in [0.25, 0.3) is 5.91 Å². The topological polar surface area (TPSA) is 155 Å². The van der Waals surface area contributed by atoms with Gasteiger partial charge in [0.1, 0.15) is 11.9 Å². The summed E-state index contributed by atoms with van der Waals surface area (Å²) in [4.78, 5) is 21.0. The second kappa shape index (κ2) is 9.80. The van der Waals surface area contributed by atoms with Crippen molar-refractivity contribution in [2.75, 3.05) is 16.0 Å². The van der Waals surface area contributed by atoms with Crippen molar-refractivity contribution in [2.24, 2.45) is 5.73 Å². The molecule has 0 spiro atoms. The zero-order chi connectivity index (χ0) is 22.3. The first-order valence-electron chi connectivity index (χ1n) is 10.4. The highest BCUT2D eigenvalue weighted by Crippen LogP contribution is 2.25. The minimum absolute atomic E-state index is 0.129. The number of nitrogens with two attached hydrogens (primary N) is 1. The molecule has 2 heterocycles. The predicted octanol–water partition coefficient (Wildman–Crippen LogP) is 2.82. The Balaban J connectivity index is 1.59. The van der Waals surface area contributed by atoms with Gasteiger partial charge in [-0.3, -0.25) is 4.79 Å². The van der Waals surface area contributed by atoms with E-state index in [9.17, 15) is 4.79 Å². The van der Waals surface area contributed by atoms with Crippen molar-refractivity contribution in [3.8, 4) is 6.07 Å². The second-order valence-corrected chi connectivity index (χ2v) is 7.60. The molecular weight excluding hydrogens is 406 g/mol. The van der Waals surface area contributed by atoms with E-state index in [0.717, 1.165) is 25.7 Å². The van der Waals surface area contributed by atoms with Gasteiger partial charge in [-0.05, 0) is 37.8 Å². The van der Waals surface area contributed by atoms with E-state index in [-0.39, 0.29) is 29.4 Å². The first kappa shape index (κ1) is 21.1. The summed E-state index contributed by atoms with van der Waals surface area (Å²) in [5.74, 6) is 0.435. The SMILES string of the molecule is N#Cc1cnc(Nc2cc(NC3CCCC(N)C3)c(C(=O)Nc3ccccc3)nn2)cn1. The van der Waals surface area contributed by atoms with Gasteiger partial charge in [-0.25, -0.2) is 9.97 Å². The minimum Gasteiger partial charge on any atom is -0.380 e. The summed E-state index contributed by atoms with van der Waals surface area (Å²) in [5, 5.41) is 26.4. The van der Waals surface area contributed by atoms with Gasteiger partial charge in [0.15, 0.2) is 17.2 Å². The van der Waals surface area contributed by atoms with E-state index in [1.165, 1.54) is 12.4 Å². The highest BCUT2D eigenvalue weighted by atomic mass is 16.2. The van der Waals surface area contributed by atoms with Crippen LogP contribution in [0.2, 0.25) is 0 Å². The van der Waals surface area contributed by atoms with Crippen molar-refractivity contribution in [3.63, 3.8) is 0 Å². The monoisotopic (exact) mass is 429 g/mol. The number of hydrogen-bond donors (Lipinski definition) is 4. The van der Waals surface area contributed by atoms with Gasteiger partial charge in [-0.2, -0.15) is 5.26 Å². The number of carbonyl (C=O) groups excluding carboxylic acids is 1. The average Bonchev–Trinajstić information content (AvgIpc) is 2.80. The molecule has 0 aliphatic heterocycles. The molecule has 5 N–H and O–H groups in total. The number of carbonyl (C=O) groups is 1. The van der Waals surface area contributed by atoms with Crippen molar-refractivity contribution in [1.29, 1.82) is 5.26 Å². The fraction of sp³-hybridized carbons (Fsp3) is 0.273. The Morgan fingerprint density at radius 3 is 2.66 bits per heavy atom. The van der Waals surface area contributed by atoms with Crippen molar-refractivity contribution in [1.82, 2.24) is 20.2 Å². The Kier molecular flexibility index (Phi) is 6.48. The second-order valence-electron chi connectivity index (χ2n) is 7.60. The van der Waals surface area contributed by atoms with Gasteiger partial charge in [0.05, 0.1) is 18.1 Å². The Hall–Kier alpha value is -4.10. The molecule has 3 aromatic rings. The van der Waals surface area contributed by atoms with Crippen LogP contribution in [-0.2, 0) is 0 Å². The molecule has 1 fully saturated rings. The number of hydrogen-bond acceptors (Lipinski definition) is 9. The summed E-state index contributed by atoms with van der Waals surface area (Å²) in [7, 11) is 0. The van der Waals surface area contributed by atoms with Gasteiger partial charge in [0.2, 0.25) is 0 Å². The molecule has 2 atom stereocenters. The molecule has 10 nitrogen and oxygen atoms in total. The third-order valence-corrected chi connectivity index (χ3v) is 5.14. The molecular formula is C22H23N9O. The molecule has 0 saturated heterocycles. The number of nitriles is 1. The lowest BCUT2D eigenvalue weighted by molar-refractivity contribution is 0.102. The molecule has 1 aliphatic carbocycles. The first-order valence-corrected chi connectivity index (χ1v) is 10.4. The van der Waals surface area contributed by atoms with Gasteiger partial charge in [-0.1, -0.05) is 18.2 Å². The number of nitrogens with zero attached hydrogens (tertiary/aromatic N) is 5. The molecule has 1 amide bonds. The Bertz CT molecular complexity index is 1110. The number of amides is 1. The van der Waals surface area contributed by atoms with Crippen LogP contribution in [0, 0.1) is 11.3 Å². The maximum Gasteiger partial charge on any atom is 0.278 e. The summed E-state index contributed by atoms with van der Waals surface area (Å²) in [6.45, 7) is 0. The third kappa shape index (κ3) is 5.33. The lowest BCUT2D eigenvalue weighted by Crippen LogP contribution is -2.35. The Morgan fingerprint density at radius 1 is 1.09 bits per heavy atom. The van der Waals surface area contributed by atoms with Crippen LogP contribution in [0.1, 0.15) is 41.9 Å². The molecule has 2 unspecified atom stereocenters. The van der Waals surface area contributed by atoms with Crippen LogP contribution in [-0.4, -0.2) is 38.2 Å². The molecule has 1 aliphatic rings. The van der Waals surface area contributed by atoms with Crippen molar-refractivity contribution in [2.45, 2.75) is 37.8 Å². The zero-order valence-corrected chi connectivity index (χ0v) is 17.3. The highest BCUT2D eigenvalue weighted by Gasteiger charge is 2.23. The summed E-state index contributed by atoms with van der Waals surface area (Å²) in [5.41, 5.74) is 7.75. The molecule has 1 saturated carbocycles. The van der Waals surface area contributed by atoms with E-state index in [0.29, 0.717) is 23.0 Å². The van der Waals surface area contributed by atoms with Crippen LogP contribution in [0.15, 0.2) is 48.8 Å². The first-order chi connectivity index (χ1) is 15.6. The van der Waals surface area contributed by atoms with E-state index in [4.69, 9.17) is 11.0 Å². The van der Waals surface area contributed by atoms with Gasteiger partial charge >= 0.3 is 0 Å². The predicted molar refractivity (Wildman–Crippen MR) is 120 cm³/mol. The summed E-state index contributed by atoms with van der Waals surface area (Å²) in [6.07, 6.45) is 6.59. The van der Waals surface area contributed by atoms with E-state index in [2.05, 4.69) is 36.1 Å². The van der Waals surface area contributed by atoms with Crippen LogP contribution >= 0.6 is 0 Å². The fourth-order valence-corrected chi connectivity index (χ4v) is 3.60. The van der Waals surface area contributed by atoms with E-state index >= 15 is 0 Å². The lowest BCUT2D eigenvalue weighted by Gasteiger charge is -2.28. The third-order valence-electron chi connectivity index (χ3n) is 5.14. The molecule has 4 rings (SSSR count). The Labute approximate surface area is 185 Å². The molecule has 0 radical (unpaired) electrons. The van der Waals surface area contributed by atoms with Crippen LogP contribution in [0.4, 0.5) is 23.0 Å². The number of para-hydroxylation sites is 1. The molecule has 10 heteroatoms. The largest absolute Gasteiger partial charge is 0.380 e. The summed E-state index contributed by atoms with van der Waals surface area (Å²) < 4.78 is 0. The standard InChI is InChI=1S/C22H23N9O/c23-11-17-12-26-20(13-25-17)29-19-10-18(27-16-8-4-5-14(24)9-16)21(31-30-19)22(32)28-15-6-2-1-3-7-15/h1-3,6-7,10,12-14,16H,4-5,8-9,24H2,(H,28,32)(H2,26,27,29,30). The summed E-state index contributed by atoms with van der Waals surface area (Å²) >= 11 is 0. The van der Waals surface area contributed by atoms with Gasteiger partial charge in [-0.15, -0.1) is 10.2 Å². The van der Waals surface area contributed by atoms with Gasteiger partial charge < -0.3 is 21.7 Å². The maximum absolute atomic E-state index is 12.9. The molecule has 162 valence electrons. The highest BCUT2D eigenvalue weighted by molar-refractivity contribution is 6.06. The van der Waals surface area contributed by atoms with E-state index < -0.39 is 0 Å². The molecule has 0 bridgehead atoms. The Morgan fingerprint density at radius 2 is 1.94 bits per heavy atom. The number of nitrogens with one attached hydrogen (secondary N) is 3. The van der Waals surface area contributed by atoms with Crippen LogP contribution in [0.5, 0.6) is 0 Å². The van der Waals surface area contributed by atoms with Crippen molar-refractivity contribution < 1.29 is 4.79 Å². The summed E-state index contributed by atoms with van der Waals surface area (Å²) in [6, 6.07) is 13.1. The van der Waals surface area contributed by atoms with Gasteiger partial charge in [0, 0.05) is 23.8 Å². The van der Waals surface area contributed by atoms with Crippen LogP contribution < -0.4 is 21.7 Å².